The van der Waals surface area contributed by atoms with Gasteiger partial charge in [-0.3, -0.25) is 14.4 Å². The van der Waals surface area contributed by atoms with E-state index in [4.69, 9.17) is 4.74 Å². The van der Waals surface area contributed by atoms with Crippen LogP contribution in [0.25, 0.3) is 0 Å². The molecule has 1 aromatic carbocycles. The van der Waals surface area contributed by atoms with Gasteiger partial charge in [0.25, 0.3) is 0 Å². The molecule has 6 nitrogen and oxygen atoms in total. The SMILES string of the molecule is COc1cc([C@H]2[C@H](C(C)=O)C(=O)C[C@](C)(O)[C@H]2C(C)=O)ccc1O. The second kappa shape index (κ2) is 6.36. The van der Waals surface area contributed by atoms with Crippen molar-refractivity contribution >= 4 is 17.3 Å². The number of rotatable bonds is 4. The highest BCUT2D eigenvalue weighted by molar-refractivity contribution is 6.05. The summed E-state index contributed by atoms with van der Waals surface area (Å²) in [6, 6.07) is 4.43. The smallest absolute Gasteiger partial charge is 0.160 e. The normalized spacial score (nSPS) is 30.0. The third-order valence-corrected chi connectivity index (χ3v) is 4.73. The predicted molar refractivity (Wildman–Crippen MR) is 86.0 cm³/mol. The van der Waals surface area contributed by atoms with Gasteiger partial charge in [0, 0.05) is 12.3 Å². The highest BCUT2D eigenvalue weighted by atomic mass is 16.5. The number of ether oxygens (including phenoxy) is 1. The lowest BCUT2D eigenvalue weighted by Crippen LogP contribution is -2.53. The Kier molecular flexibility index (Phi) is 4.80. The summed E-state index contributed by atoms with van der Waals surface area (Å²) in [5.74, 6) is -3.65. The molecule has 2 rings (SSSR count). The minimum Gasteiger partial charge on any atom is -0.504 e. The molecule has 0 amide bonds. The molecular weight excluding hydrogens is 312 g/mol. The van der Waals surface area contributed by atoms with E-state index in [1.165, 1.54) is 40.0 Å². The van der Waals surface area contributed by atoms with Gasteiger partial charge < -0.3 is 14.9 Å². The van der Waals surface area contributed by atoms with E-state index in [1.807, 2.05) is 0 Å². The quantitative estimate of drug-likeness (QED) is 0.812. The molecular formula is C18H22O6. The number of carbonyl (C=O) groups is 3. The second-order valence-corrected chi connectivity index (χ2v) is 6.63. The lowest BCUT2D eigenvalue weighted by atomic mass is 9.60. The highest BCUT2D eigenvalue weighted by Gasteiger charge is 2.53. The van der Waals surface area contributed by atoms with Crippen molar-refractivity contribution < 1.29 is 29.3 Å². The molecule has 1 aliphatic rings. The van der Waals surface area contributed by atoms with Gasteiger partial charge in [-0.25, -0.2) is 0 Å². The minimum absolute atomic E-state index is 0.0890. The molecule has 0 aromatic heterocycles. The van der Waals surface area contributed by atoms with Crippen LogP contribution < -0.4 is 4.74 Å². The Balaban J connectivity index is 2.67. The number of hydrogen-bond donors (Lipinski definition) is 2. The summed E-state index contributed by atoms with van der Waals surface area (Å²) < 4.78 is 5.08. The van der Waals surface area contributed by atoms with E-state index in [2.05, 4.69) is 0 Å². The molecule has 0 bridgehead atoms. The van der Waals surface area contributed by atoms with Crippen molar-refractivity contribution in [1.82, 2.24) is 0 Å². The van der Waals surface area contributed by atoms with Crippen molar-refractivity contribution in [3.8, 4) is 11.5 Å². The number of carbonyl (C=O) groups excluding carboxylic acids is 3. The first-order valence-corrected chi connectivity index (χ1v) is 7.73. The van der Waals surface area contributed by atoms with Crippen LogP contribution in [-0.4, -0.2) is 40.3 Å². The van der Waals surface area contributed by atoms with Crippen LogP contribution in [0.5, 0.6) is 11.5 Å². The number of methoxy groups -OCH3 is 1. The summed E-state index contributed by atoms with van der Waals surface area (Å²) in [4.78, 5) is 36.8. The molecule has 0 spiro atoms. The van der Waals surface area contributed by atoms with Crippen molar-refractivity contribution in [3.63, 3.8) is 0 Å². The Morgan fingerprint density at radius 1 is 1.25 bits per heavy atom. The van der Waals surface area contributed by atoms with Crippen molar-refractivity contribution in [2.24, 2.45) is 11.8 Å². The number of benzene rings is 1. The van der Waals surface area contributed by atoms with Gasteiger partial charge in [0.2, 0.25) is 0 Å². The highest BCUT2D eigenvalue weighted by Crippen LogP contribution is 2.47. The standard InChI is InChI=1S/C18H22O6/c1-9(19)15-13(22)8-18(3,23)17(10(2)20)16(15)11-5-6-12(21)14(7-11)24-4/h5-7,15-17,21,23H,8H2,1-4H3/t15-,16+,17+,18+/m1/s1. The molecule has 130 valence electrons. The van der Waals surface area contributed by atoms with Gasteiger partial charge in [-0.1, -0.05) is 6.07 Å². The summed E-state index contributed by atoms with van der Waals surface area (Å²) >= 11 is 0. The number of aromatic hydroxyl groups is 1. The molecule has 6 heteroatoms. The minimum atomic E-state index is -1.54. The van der Waals surface area contributed by atoms with Gasteiger partial charge in [-0.2, -0.15) is 0 Å². The van der Waals surface area contributed by atoms with Crippen LogP contribution >= 0.6 is 0 Å². The van der Waals surface area contributed by atoms with E-state index in [-0.39, 0.29) is 35.3 Å². The molecule has 0 radical (unpaired) electrons. The number of Topliss-reactive ketones (excluding diaryl/α,β-unsaturated/α-hetero) is 3. The zero-order chi connectivity index (χ0) is 18.2. The molecule has 0 heterocycles. The maximum Gasteiger partial charge on any atom is 0.160 e. The first-order valence-electron chi connectivity index (χ1n) is 7.73. The lowest BCUT2D eigenvalue weighted by molar-refractivity contribution is -0.151. The zero-order valence-electron chi connectivity index (χ0n) is 14.2. The summed E-state index contributed by atoms with van der Waals surface area (Å²) in [5, 5.41) is 20.4. The van der Waals surface area contributed by atoms with Crippen LogP contribution in [0.3, 0.4) is 0 Å². The molecule has 0 saturated heterocycles. The van der Waals surface area contributed by atoms with Gasteiger partial charge in [0.05, 0.1) is 24.5 Å². The lowest BCUT2D eigenvalue weighted by Gasteiger charge is -2.44. The Morgan fingerprint density at radius 2 is 1.88 bits per heavy atom. The molecule has 0 unspecified atom stereocenters. The van der Waals surface area contributed by atoms with E-state index in [9.17, 15) is 24.6 Å². The topological polar surface area (TPSA) is 101 Å². The average molecular weight is 334 g/mol. The van der Waals surface area contributed by atoms with E-state index in [0.29, 0.717) is 5.56 Å². The number of ketones is 3. The van der Waals surface area contributed by atoms with E-state index < -0.39 is 23.4 Å². The molecule has 24 heavy (non-hydrogen) atoms. The monoisotopic (exact) mass is 334 g/mol. The van der Waals surface area contributed by atoms with E-state index in [0.717, 1.165) is 0 Å². The van der Waals surface area contributed by atoms with Crippen LogP contribution in [-0.2, 0) is 14.4 Å². The summed E-state index contributed by atoms with van der Waals surface area (Å²) in [6.07, 6.45) is -0.243. The van der Waals surface area contributed by atoms with Crippen molar-refractivity contribution in [2.45, 2.75) is 38.7 Å². The third kappa shape index (κ3) is 3.06. The van der Waals surface area contributed by atoms with Crippen LogP contribution in [0.1, 0.15) is 38.7 Å². The Bertz CT molecular complexity index is 691. The fourth-order valence-corrected chi connectivity index (χ4v) is 3.81. The van der Waals surface area contributed by atoms with Gasteiger partial charge in [-0.15, -0.1) is 0 Å². The Labute approximate surface area is 140 Å². The average Bonchev–Trinajstić information content (AvgIpc) is 2.44. The van der Waals surface area contributed by atoms with Crippen molar-refractivity contribution in [2.75, 3.05) is 7.11 Å². The van der Waals surface area contributed by atoms with Crippen molar-refractivity contribution in [3.05, 3.63) is 23.8 Å². The second-order valence-electron chi connectivity index (χ2n) is 6.63. The fraction of sp³-hybridized carbons (Fsp3) is 0.500. The van der Waals surface area contributed by atoms with E-state index in [1.54, 1.807) is 6.07 Å². The van der Waals surface area contributed by atoms with Gasteiger partial charge in [0.15, 0.2) is 11.5 Å². The summed E-state index contributed by atoms with van der Waals surface area (Å²) in [5.41, 5.74) is -1.04. The number of phenolic OH excluding ortho intramolecular Hbond substituents is 1. The molecule has 0 aliphatic heterocycles. The fourth-order valence-electron chi connectivity index (χ4n) is 3.81. The number of aliphatic hydroxyl groups is 1. The molecule has 1 fully saturated rings. The van der Waals surface area contributed by atoms with Gasteiger partial charge in [0.1, 0.15) is 17.3 Å². The van der Waals surface area contributed by atoms with E-state index >= 15 is 0 Å². The maximum absolute atomic E-state index is 12.5. The predicted octanol–water partition coefficient (Wildman–Crippen LogP) is 1.62. The largest absolute Gasteiger partial charge is 0.504 e. The zero-order valence-corrected chi connectivity index (χ0v) is 14.2. The first kappa shape index (κ1) is 18.1. The summed E-state index contributed by atoms with van der Waals surface area (Å²) in [7, 11) is 1.38. The third-order valence-electron chi connectivity index (χ3n) is 4.73. The van der Waals surface area contributed by atoms with Crippen LogP contribution in [0, 0.1) is 11.8 Å². The maximum atomic E-state index is 12.5. The summed E-state index contributed by atoms with van der Waals surface area (Å²) in [6.45, 7) is 4.10. The van der Waals surface area contributed by atoms with Crippen LogP contribution in [0.15, 0.2) is 18.2 Å². The Hall–Kier alpha value is -2.21. The van der Waals surface area contributed by atoms with Gasteiger partial charge >= 0.3 is 0 Å². The van der Waals surface area contributed by atoms with Crippen LogP contribution in [0.4, 0.5) is 0 Å². The molecule has 4 atom stereocenters. The molecule has 1 aliphatic carbocycles. The van der Waals surface area contributed by atoms with Gasteiger partial charge in [-0.05, 0) is 38.5 Å². The Morgan fingerprint density at radius 3 is 2.38 bits per heavy atom. The number of hydrogen-bond acceptors (Lipinski definition) is 6. The first-order chi connectivity index (χ1) is 11.1. The molecule has 1 saturated carbocycles. The molecule has 2 N–H and O–H groups in total. The molecule has 1 aromatic rings. The van der Waals surface area contributed by atoms with Crippen molar-refractivity contribution in [1.29, 1.82) is 0 Å². The number of phenols is 1. The van der Waals surface area contributed by atoms with Crippen LogP contribution in [0.2, 0.25) is 0 Å².